The number of benzene rings is 1. The number of carbonyl (C=O) groups is 1. The van der Waals surface area contributed by atoms with Gasteiger partial charge in [0.2, 0.25) is 0 Å². The number of rotatable bonds is 4. The van der Waals surface area contributed by atoms with Crippen molar-refractivity contribution in [3.63, 3.8) is 0 Å². The Morgan fingerprint density at radius 3 is 2.45 bits per heavy atom. The minimum absolute atomic E-state index is 0.0416. The largest absolute Gasteiger partial charge is 0.442 e. The molecule has 1 aliphatic heterocycles. The summed E-state index contributed by atoms with van der Waals surface area (Å²) >= 11 is 0. The van der Waals surface area contributed by atoms with Gasteiger partial charge in [-0.1, -0.05) is 43.2 Å². The Labute approximate surface area is 166 Å². The fourth-order valence-corrected chi connectivity index (χ4v) is 3.95. The molecule has 1 atom stereocenters. The predicted octanol–water partition coefficient (Wildman–Crippen LogP) is 4.29. The van der Waals surface area contributed by atoms with Crippen molar-refractivity contribution in [3.8, 4) is 0 Å². The number of anilines is 1. The van der Waals surface area contributed by atoms with Gasteiger partial charge < -0.3 is 5.32 Å². The van der Waals surface area contributed by atoms with Gasteiger partial charge in [0.15, 0.2) is 0 Å². The van der Waals surface area contributed by atoms with E-state index < -0.39 is 17.7 Å². The number of nitrogens with zero attached hydrogens (tertiary/aromatic N) is 3. The first-order valence-corrected chi connectivity index (χ1v) is 9.58. The standard InChI is InChI=1S/C21H21F3N4O/c1-14-11-12-25-17(13-14)26-20(21(22,23)24)19(29)28(16-9-5-6-10-16)18(27-20)15-7-3-2-4-8-15/h2-4,7-8,11-13,16H,5-6,9-10H2,1H3,(H,25,26). The lowest BCUT2D eigenvalue weighted by molar-refractivity contribution is -0.185. The van der Waals surface area contributed by atoms with Crippen molar-refractivity contribution in [2.45, 2.75) is 50.5 Å². The molecule has 152 valence electrons. The number of nitrogens with one attached hydrogen (secondary N) is 1. The van der Waals surface area contributed by atoms with Crippen LogP contribution in [0.4, 0.5) is 19.0 Å². The van der Waals surface area contributed by atoms with E-state index in [0.29, 0.717) is 18.4 Å². The van der Waals surface area contributed by atoms with Gasteiger partial charge in [-0.15, -0.1) is 0 Å². The molecule has 0 spiro atoms. The summed E-state index contributed by atoms with van der Waals surface area (Å²) in [5.41, 5.74) is -1.88. The first-order chi connectivity index (χ1) is 13.8. The maximum Gasteiger partial charge on any atom is 0.442 e. The molecular weight excluding hydrogens is 381 g/mol. The third-order valence-electron chi connectivity index (χ3n) is 5.39. The molecule has 1 aliphatic carbocycles. The van der Waals surface area contributed by atoms with Crippen LogP contribution in [0.2, 0.25) is 0 Å². The van der Waals surface area contributed by atoms with Crippen LogP contribution >= 0.6 is 0 Å². The number of pyridine rings is 1. The molecule has 1 saturated carbocycles. The van der Waals surface area contributed by atoms with E-state index in [1.807, 2.05) is 0 Å². The van der Waals surface area contributed by atoms with Crippen LogP contribution < -0.4 is 5.32 Å². The molecule has 29 heavy (non-hydrogen) atoms. The monoisotopic (exact) mass is 402 g/mol. The van der Waals surface area contributed by atoms with Gasteiger partial charge in [-0.05, 0) is 37.5 Å². The van der Waals surface area contributed by atoms with Gasteiger partial charge in [-0.3, -0.25) is 9.69 Å². The fraction of sp³-hybridized carbons (Fsp3) is 0.381. The summed E-state index contributed by atoms with van der Waals surface area (Å²) in [7, 11) is 0. The summed E-state index contributed by atoms with van der Waals surface area (Å²) in [6, 6.07) is 11.4. The molecule has 1 fully saturated rings. The van der Waals surface area contributed by atoms with Crippen molar-refractivity contribution in [1.29, 1.82) is 0 Å². The summed E-state index contributed by atoms with van der Waals surface area (Å²) in [5, 5.41) is 2.32. The predicted molar refractivity (Wildman–Crippen MR) is 103 cm³/mol. The van der Waals surface area contributed by atoms with Crippen molar-refractivity contribution in [1.82, 2.24) is 9.88 Å². The zero-order chi connectivity index (χ0) is 20.6. The van der Waals surface area contributed by atoms with Crippen molar-refractivity contribution < 1.29 is 18.0 Å². The third kappa shape index (κ3) is 3.36. The van der Waals surface area contributed by atoms with E-state index in [2.05, 4.69) is 15.3 Å². The summed E-state index contributed by atoms with van der Waals surface area (Å²) in [4.78, 5) is 22.6. The fourth-order valence-electron chi connectivity index (χ4n) is 3.95. The van der Waals surface area contributed by atoms with Crippen LogP contribution in [0.5, 0.6) is 0 Å². The van der Waals surface area contributed by atoms with Crippen molar-refractivity contribution in [2.24, 2.45) is 4.99 Å². The number of carbonyl (C=O) groups excluding carboxylic acids is 1. The molecule has 8 heteroatoms. The van der Waals surface area contributed by atoms with Crippen LogP contribution in [-0.4, -0.2) is 39.5 Å². The maximum atomic E-state index is 14.4. The molecule has 5 nitrogen and oxygen atoms in total. The number of halogens is 3. The SMILES string of the molecule is Cc1ccnc(NC2(C(F)(F)F)N=C(c3ccccc3)N(C3CCCC3)C2=O)c1. The average molecular weight is 402 g/mol. The van der Waals surface area contributed by atoms with E-state index in [-0.39, 0.29) is 17.7 Å². The number of aliphatic imine (C=N–C) groups is 1. The molecule has 2 aromatic rings. The Hall–Kier alpha value is -2.90. The van der Waals surface area contributed by atoms with Crippen LogP contribution in [0, 0.1) is 6.92 Å². The van der Waals surface area contributed by atoms with Gasteiger partial charge in [0, 0.05) is 17.8 Å². The summed E-state index contributed by atoms with van der Waals surface area (Å²) in [5.74, 6) is -1.08. The van der Waals surface area contributed by atoms with Crippen LogP contribution in [-0.2, 0) is 4.79 Å². The Kier molecular flexibility index (Phi) is 4.80. The van der Waals surface area contributed by atoms with E-state index in [1.165, 1.54) is 17.2 Å². The maximum absolute atomic E-state index is 14.4. The number of alkyl halides is 3. The number of hydrogen-bond donors (Lipinski definition) is 1. The normalized spacial score (nSPS) is 22.8. The lowest BCUT2D eigenvalue weighted by Gasteiger charge is -2.31. The zero-order valence-corrected chi connectivity index (χ0v) is 15.9. The third-order valence-corrected chi connectivity index (χ3v) is 5.39. The highest BCUT2D eigenvalue weighted by Crippen LogP contribution is 2.42. The van der Waals surface area contributed by atoms with Crippen LogP contribution in [0.25, 0.3) is 0 Å². The van der Waals surface area contributed by atoms with Gasteiger partial charge in [0.25, 0.3) is 5.91 Å². The van der Waals surface area contributed by atoms with Crippen LogP contribution in [0.3, 0.4) is 0 Å². The molecule has 2 heterocycles. The van der Waals surface area contributed by atoms with Gasteiger partial charge in [-0.2, -0.15) is 13.2 Å². The summed E-state index contributed by atoms with van der Waals surface area (Å²) in [6.45, 7) is 1.74. The number of amidine groups is 1. The van der Waals surface area contributed by atoms with Gasteiger partial charge in [-0.25, -0.2) is 9.98 Å². The van der Waals surface area contributed by atoms with Crippen molar-refractivity contribution in [2.75, 3.05) is 5.32 Å². The second-order valence-electron chi connectivity index (χ2n) is 7.47. The number of amides is 1. The van der Waals surface area contributed by atoms with E-state index >= 15 is 0 Å². The second kappa shape index (κ2) is 7.17. The Bertz CT molecular complexity index is 938. The highest BCUT2D eigenvalue weighted by Gasteiger charge is 2.67. The summed E-state index contributed by atoms with van der Waals surface area (Å²) < 4.78 is 43.1. The van der Waals surface area contributed by atoms with E-state index in [0.717, 1.165) is 18.4 Å². The van der Waals surface area contributed by atoms with Gasteiger partial charge >= 0.3 is 11.8 Å². The molecule has 1 aromatic carbocycles. The van der Waals surface area contributed by atoms with Crippen molar-refractivity contribution in [3.05, 3.63) is 59.8 Å². The Morgan fingerprint density at radius 2 is 1.83 bits per heavy atom. The average Bonchev–Trinajstić information content (AvgIpc) is 3.29. The molecule has 1 unspecified atom stereocenters. The number of aryl methyl sites for hydroxylation is 1. The van der Waals surface area contributed by atoms with E-state index in [9.17, 15) is 18.0 Å². The molecule has 4 rings (SSSR count). The zero-order valence-electron chi connectivity index (χ0n) is 15.9. The van der Waals surface area contributed by atoms with E-state index in [1.54, 1.807) is 43.3 Å². The minimum Gasteiger partial charge on any atom is -0.331 e. The highest BCUT2D eigenvalue weighted by atomic mass is 19.4. The molecule has 2 aliphatic rings. The highest BCUT2D eigenvalue weighted by molar-refractivity contribution is 6.16. The topological polar surface area (TPSA) is 57.6 Å². The van der Waals surface area contributed by atoms with Crippen LogP contribution in [0.1, 0.15) is 36.8 Å². The van der Waals surface area contributed by atoms with Crippen LogP contribution in [0.15, 0.2) is 53.7 Å². The number of aromatic nitrogens is 1. The smallest absolute Gasteiger partial charge is 0.331 e. The lowest BCUT2D eigenvalue weighted by atomic mass is 10.1. The van der Waals surface area contributed by atoms with Crippen molar-refractivity contribution >= 4 is 17.6 Å². The summed E-state index contributed by atoms with van der Waals surface area (Å²) in [6.07, 6.45) is -0.464. The molecule has 0 radical (unpaired) electrons. The molecule has 1 N–H and O–H groups in total. The lowest BCUT2D eigenvalue weighted by Crippen LogP contribution is -2.59. The van der Waals surface area contributed by atoms with E-state index in [4.69, 9.17) is 0 Å². The molecule has 1 aromatic heterocycles. The van der Waals surface area contributed by atoms with Gasteiger partial charge in [0.1, 0.15) is 11.7 Å². The first kappa shape index (κ1) is 19.4. The number of hydrogen-bond acceptors (Lipinski definition) is 4. The Balaban J connectivity index is 1.85. The quantitative estimate of drug-likeness (QED) is 0.830. The first-order valence-electron chi connectivity index (χ1n) is 9.58. The van der Waals surface area contributed by atoms with Gasteiger partial charge in [0.05, 0.1) is 0 Å². The molecule has 0 bridgehead atoms. The second-order valence-corrected chi connectivity index (χ2v) is 7.47. The Morgan fingerprint density at radius 1 is 1.14 bits per heavy atom. The minimum atomic E-state index is -4.94. The molecule has 0 saturated heterocycles. The molecule has 1 amide bonds. The molecular formula is C21H21F3N4O.